The van der Waals surface area contributed by atoms with Crippen LogP contribution in [0.25, 0.3) is 0 Å². The molecule has 0 unspecified atom stereocenters. The van der Waals surface area contributed by atoms with Crippen LogP contribution in [0.2, 0.25) is 5.02 Å². The van der Waals surface area contributed by atoms with Gasteiger partial charge in [-0.1, -0.05) is 75.7 Å². The molecule has 0 aliphatic rings. The highest BCUT2D eigenvalue weighted by molar-refractivity contribution is 7.10. The Bertz CT molecular complexity index is 693. The van der Waals surface area contributed by atoms with Crippen molar-refractivity contribution in [2.24, 2.45) is 4.99 Å². The van der Waals surface area contributed by atoms with Crippen molar-refractivity contribution in [1.82, 2.24) is 0 Å². The molecule has 2 rings (SSSR count). The third kappa shape index (κ3) is 12.0. The molecule has 4 heteroatoms. The summed E-state index contributed by atoms with van der Waals surface area (Å²) in [5.41, 5.74) is 4.73. The summed E-state index contributed by atoms with van der Waals surface area (Å²) < 4.78 is 5.13. The van der Waals surface area contributed by atoms with Crippen LogP contribution < -0.4 is 0 Å². The summed E-state index contributed by atoms with van der Waals surface area (Å²) in [6.07, 6.45) is 3.81. The van der Waals surface area contributed by atoms with Crippen molar-refractivity contribution in [3.05, 3.63) is 69.0 Å². The Kier molecular flexibility index (Phi) is 15.6. The quantitative estimate of drug-likeness (QED) is 0.315. The number of benzene rings is 1. The van der Waals surface area contributed by atoms with Gasteiger partial charge in [0.25, 0.3) is 0 Å². The number of rotatable bonds is 7. The molecule has 0 atom stereocenters. The van der Waals surface area contributed by atoms with E-state index in [1.165, 1.54) is 22.2 Å². The first-order valence-electron chi connectivity index (χ1n) is 10.3. The predicted octanol–water partition coefficient (Wildman–Crippen LogP) is 8.60. The minimum atomic E-state index is 0.653. The zero-order valence-corrected chi connectivity index (χ0v) is 20.8. The van der Waals surface area contributed by atoms with E-state index < -0.39 is 0 Å². The molecule has 0 saturated carbocycles. The van der Waals surface area contributed by atoms with Crippen LogP contribution in [0.15, 0.2) is 47.4 Å². The van der Waals surface area contributed by atoms with Gasteiger partial charge in [0.1, 0.15) is 0 Å². The minimum Gasteiger partial charge on any atom is -0.381 e. The number of nitrogens with zero attached hydrogens (tertiary/aromatic N) is 1. The average molecular weight is 436 g/mol. The van der Waals surface area contributed by atoms with Crippen LogP contribution in [0.4, 0.5) is 0 Å². The number of hydrogen-bond acceptors (Lipinski definition) is 3. The highest BCUT2D eigenvalue weighted by Crippen LogP contribution is 2.26. The molecule has 1 heterocycles. The summed E-state index contributed by atoms with van der Waals surface area (Å²) in [7, 11) is 0. The molecule has 0 spiro atoms. The van der Waals surface area contributed by atoms with Gasteiger partial charge in [0.2, 0.25) is 0 Å². The number of halogens is 1. The lowest BCUT2D eigenvalue weighted by molar-refractivity contribution is 0.135. The number of hydrogen-bond donors (Lipinski definition) is 0. The maximum Gasteiger partial charge on any atom is 0.0606 e. The fourth-order valence-corrected chi connectivity index (χ4v) is 3.64. The molecule has 0 bridgehead atoms. The minimum absolute atomic E-state index is 0.653. The Morgan fingerprint density at radius 1 is 1.14 bits per heavy atom. The highest BCUT2D eigenvalue weighted by Gasteiger charge is 2.08. The lowest BCUT2D eigenvalue weighted by Gasteiger charge is -2.03. The molecule has 2 nitrogen and oxygen atoms in total. The van der Waals surface area contributed by atoms with Crippen molar-refractivity contribution in [2.45, 2.75) is 67.2 Å². The molecule has 1 aromatic heterocycles. The third-order valence-corrected chi connectivity index (χ3v) is 5.36. The predicted molar refractivity (Wildman–Crippen MR) is 133 cm³/mol. The Labute approximate surface area is 187 Å². The number of ether oxygens (including phenoxy) is 1. The molecule has 162 valence electrons. The summed E-state index contributed by atoms with van der Waals surface area (Å²) in [6, 6.07) is 8.71. The van der Waals surface area contributed by atoms with Crippen LogP contribution >= 0.6 is 22.9 Å². The number of aryl methyl sites for hydroxylation is 2. The van der Waals surface area contributed by atoms with Gasteiger partial charge < -0.3 is 4.74 Å². The van der Waals surface area contributed by atoms with Crippen LogP contribution in [0.1, 0.15) is 74.9 Å². The van der Waals surface area contributed by atoms with Gasteiger partial charge in [-0.3, -0.25) is 4.99 Å². The summed E-state index contributed by atoms with van der Waals surface area (Å²) in [5.74, 6) is 0.653. The first-order chi connectivity index (χ1) is 13.8. The van der Waals surface area contributed by atoms with E-state index in [2.05, 4.69) is 70.5 Å². The second-order valence-electron chi connectivity index (χ2n) is 7.09. The molecule has 2 aromatic rings. The van der Waals surface area contributed by atoms with E-state index in [0.29, 0.717) is 5.92 Å². The third-order valence-electron chi connectivity index (χ3n) is 4.02. The van der Waals surface area contributed by atoms with Crippen LogP contribution in [0.3, 0.4) is 0 Å². The Balaban J connectivity index is 0.000000421. The zero-order valence-electron chi connectivity index (χ0n) is 19.2. The zero-order chi connectivity index (χ0) is 22.2. The van der Waals surface area contributed by atoms with Crippen molar-refractivity contribution in [1.29, 1.82) is 0 Å². The van der Waals surface area contributed by atoms with Crippen LogP contribution in [-0.2, 0) is 4.74 Å². The normalized spacial score (nSPS) is 10.7. The SMILES string of the molecule is C=CN=C(C)c1c(Cl)csc1C.CCCOCCC.Cc1ccc(C(C)C)cc1. The van der Waals surface area contributed by atoms with Crippen LogP contribution in [0, 0.1) is 13.8 Å². The molecule has 1 aromatic carbocycles. The summed E-state index contributed by atoms with van der Waals surface area (Å²) in [5, 5.41) is 2.70. The fraction of sp³-hybridized carbons (Fsp3) is 0.480. The molecular formula is C25H38ClNOS. The standard InChI is InChI=1S/C10H14.C9H10ClNS.C6H14O/c1-8(2)10-6-4-9(3)5-7-10;1-4-11-6(2)9-7(3)12-5-8(9)10;1-3-5-7-6-4-2/h4-8H,1-3H3;4-5H,1H2,2-3H3;3-6H2,1-2H3. The molecule has 0 aliphatic carbocycles. The van der Waals surface area contributed by atoms with Crippen LogP contribution in [0.5, 0.6) is 0 Å². The number of thiophene rings is 1. The maximum absolute atomic E-state index is 5.97. The largest absolute Gasteiger partial charge is 0.381 e. The van der Waals surface area contributed by atoms with Gasteiger partial charge in [-0.05, 0) is 45.1 Å². The number of aliphatic imine (C=N–C) groups is 1. The Morgan fingerprint density at radius 3 is 2.07 bits per heavy atom. The van der Waals surface area contributed by atoms with E-state index in [0.717, 1.165) is 42.4 Å². The molecule has 0 fully saturated rings. The van der Waals surface area contributed by atoms with E-state index >= 15 is 0 Å². The topological polar surface area (TPSA) is 21.6 Å². The van der Waals surface area contributed by atoms with Gasteiger partial charge in [-0.25, -0.2) is 0 Å². The highest BCUT2D eigenvalue weighted by atomic mass is 35.5. The van der Waals surface area contributed by atoms with Crippen molar-refractivity contribution >= 4 is 28.6 Å². The maximum atomic E-state index is 5.97. The Morgan fingerprint density at radius 2 is 1.69 bits per heavy atom. The van der Waals surface area contributed by atoms with Gasteiger partial charge in [0.15, 0.2) is 0 Å². The van der Waals surface area contributed by atoms with E-state index in [1.807, 2.05) is 19.2 Å². The summed E-state index contributed by atoms with van der Waals surface area (Å²) in [4.78, 5) is 5.29. The van der Waals surface area contributed by atoms with Gasteiger partial charge in [-0.2, -0.15) is 0 Å². The monoisotopic (exact) mass is 435 g/mol. The lowest BCUT2D eigenvalue weighted by Crippen LogP contribution is -1.93. The average Bonchev–Trinajstić information content (AvgIpc) is 3.02. The second kappa shape index (κ2) is 16.4. The van der Waals surface area contributed by atoms with Gasteiger partial charge >= 0.3 is 0 Å². The van der Waals surface area contributed by atoms with Crippen LogP contribution in [-0.4, -0.2) is 18.9 Å². The second-order valence-corrected chi connectivity index (χ2v) is 8.58. The van der Waals surface area contributed by atoms with E-state index in [1.54, 1.807) is 11.3 Å². The molecule has 0 amide bonds. The molecule has 0 radical (unpaired) electrons. The van der Waals surface area contributed by atoms with Crippen molar-refractivity contribution in [3.8, 4) is 0 Å². The van der Waals surface area contributed by atoms with Crippen molar-refractivity contribution in [2.75, 3.05) is 13.2 Å². The van der Waals surface area contributed by atoms with Gasteiger partial charge in [-0.15, -0.1) is 11.3 Å². The molecule has 0 saturated heterocycles. The fourth-order valence-electron chi connectivity index (χ4n) is 2.40. The molecule has 29 heavy (non-hydrogen) atoms. The van der Waals surface area contributed by atoms with Gasteiger partial charge in [0.05, 0.1) is 5.02 Å². The smallest absolute Gasteiger partial charge is 0.0606 e. The first-order valence-corrected chi connectivity index (χ1v) is 11.6. The molecule has 0 aliphatic heterocycles. The van der Waals surface area contributed by atoms with Crippen molar-refractivity contribution < 1.29 is 4.74 Å². The molecule has 0 N–H and O–H groups in total. The molecular weight excluding hydrogens is 398 g/mol. The van der Waals surface area contributed by atoms with Gasteiger partial charge in [0, 0.05) is 40.9 Å². The summed E-state index contributed by atoms with van der Waals surface area (Å²) >= 11 is 7.61. The Hall–Kier alpha value is -1.42. The lowest BCUT2D eigenvalue weighted by atomic mass is 10.0. The van der Waals surface area contributed by atoms with E-state index in [4.69, 9.17) is 16.3 Å². The van der Waals surface area contributed by atoms with E-state index in [-0.39, 0.29) is 0 Å². The van der Waals surface area contributed by atoms with Crippen molar-refractivity contribution in [3.63, 3.8) is 0 Å². The van der Waals surface area contributed by atoms with E-state index in [9.17, 15) is 0 Å². The summed E-state index contributed by atoms with van der Waals surface area (Å²) in [6.45, 7) is 20.1. The first kappa shape index (κ1) is 27.6.